The SMILES string of the molecule is C=C(CNC(C)C)CN1CCOC2CCCCC21. The molecule has 0 aromatic rings. The predicted molar refractivity (Wildman–Crippen MR) is 75.8 cm³/mol. The van der Waals surface area contributed by atoms with Gasteiger partial charge in [0, 0.05) is 31.7 Å². The van der Waals surface area contributed by atoms with Crippen molar-refractivity contribution in [1.29, 1.82) is 0 Å². The first-order chi connectivity index (χ1) is 8.66. The van der Waals surface area contributed by atoms with Gasteiger partial charge in [-0.1, -0.05) is 33.3 Å². The maximum Gasteiger partial charge on any atom is 0.0731 e. The van der Waals surface area contributed by atoms with E-state index in [1.165, 1.54) is 31.3 Å². The Kier molecular flexibility index (Phi) is 5.22. The highest BCUT2D eigenvalue weighted by Crippen LogP contribution is 2.28. The van der Waals surface area contributed by atoms with Crippen molar-refractivity contribution in [2.75, 3.05) is 26.2 Å². The molecule has 1 aliphatic heterocycles. The third-order valence-corrected chi connectivity index (χ3v) is 4.03. The van der Waals surface area contributed by atoms with E-state index in [0.29, 0.717) is 18.2 Å². The van der Waals surface area contributed by atoms with Gasteiger partial charge in [-0.3, -0.25) is 4.90 Å². The summed E-state index contributed by atoms with van der Waals surface area (Å²) < 4.78 is 5.90. The van der Waals surface area contributed by atoms with Gasteiger partial charge in [0.25, 0.3) is 0 Å². The summed E-state index contributed by atoms with van der Waals surface area (Å²) in [6, 6.07) is 1.18. The van der Waals surface area contributed by atoms with E-state index >= 15 is 0 Å². The molecular weight excluding hydrogens is 224 g/mol. The lowest BCUT2D eigenvalue weighted by molar-refractivity contribution is -0.0849. The quantitative estimate of drug-likeness (QED) is 0.759. The molecule has 0 bridgehead atoms. The number of hydrogen-bond acceptors (Lipinski definition) is 3. The summed E-state index contributed by atoms with van der Waals surface area (Å²) in [5.41, 5.74) is 1.30. The van der Waals surface area contributed by atoms with Gasteiger partial charge in [-0.2, -0.15) is 0 Å². The van der Waals surface area contributed by atoms with Crippen molar-refractivity contribution in [3.63, 3.8) is 0 Å². The van der Waals surface area contributed by atoms with Gasteiger partial charge in [-0.05, 0) is 18.4 Å². The third-order valence-electron chi connectivity index (χ3n) is 4.03. The first-order valence-electron chi connectivity index (χ1n) is 7.42. The summed E-state index contributed by atoms with van der Waals surface area (Å²) in [5, 5.41) is 3.45. The molecule has 0 radical (unpaired) electrons. The first-order valence-corrected chi connectivity index (χ1v) is 7.42. The van der Waals surface area contributed by atoms with Crippen LogP contribution in [-0.4, -0.2) is 49.3 Å². The summed E-state index contributed by atoms with van der Waals surface area (Å²) >= 11 is 0. The van der Waals surface area contributed by atoms with Crippen molar-refractivity contribution in [3.05, 3.63) is 12.2 Å². The zero-order valence-electron chi connectivity index (χ0n) is 12.0. The van der Waals surface area contributed by atoms with Gasteiger partial charge in [-0.25, -0.2) is 0 Å². The molecule has 1 heterocycles. The number of fused-ring (bicyclic) bond motifs is 1. The molecular formula is C15H28N2O. The average molecular weight is 252 g/mol. The van der Waals surface area contributed by atoms with Gasteiger partial charge < -0.3 is 10.1 Å². The Labute approximate surface area is 112 Å². The normalized spacial score (nSPS) is 29.3. The molecule has 2 unspecified atom stereocenters. The van der Waals surface area contributed by atoms with Gasteiger partial charge in [0.05, 0.1) is 12.7 Å². The molecule has 0 aromatic carbocycles. The summed E-state index contributed by atoms with van der Waals surface area (Å²) in [6.07, 6.45) is 5.73. The minimum absolute atomic E-state index is 0.485. The van der Waals surface area contributed by atoms with Crippen LogP contribution >= 0.6 is 0 Å². The number of morpholine rings is 1. The second kappa shape index (κ2) is 6.69. The van der Waals surface area contributed by atoms with Gasteiger partial charge in [0.2, 0.25) is 0 Å². The van der Waals surface area contributed by atoms with E-state index in [1.54, 1.807) is 0 Å². The monoisotopic (exact) mass is 252 g/mol. The van der Waals surface area contributed by atoms with E-state index in [0.717, 1.165) is 26.2 Å². The topological polar surface area (TPSA) is 24.5 Å². The Morgan fingerprint density at radius 3 is 2.94 bits per heavy atom. The number of nitrogens with one attached hydrogen (secondary N) is 1. The van der Waals surface area contributed by atoms with Crippen molar-refractivity contribution >= 4 is 0 Å². The lowest BCUT2D eigenvalue weighted by Gasteiger charge is -2.44. The summed E-state index contributed by atoms with van der Waals surface area (Å²) in [5.74, 6) is 0. The largest absolute Gasteiger partial charge is 0.375 e. The van der Waals surface area contributed by atoms with E-state index < -0.39 is 0 Å². The smallest absolute Gasteiger partial charge is 0.0731 e. The van der Waals surface area contributed by atoms with Crippen LogP contribution in [0.15, 0.2) is 12.2 Å². The van der Waals surface area contributed by atoms with Crippen LogP contribution in [0.3, 0.4) is 0 Å². The van der Waals surface area contributed by atoms with Crippen molar-refractivity contribution in [3.8, 4) is 0 Å². The van der Waals surface area contributed by atoms with Crippen molar-refractivity contribution in [2.45, 2.75) is 57.7 Å². The summed E-state index contributed by atoms with van der Waals surface area (Å²) in [6.45, 7) is 12.5. The van der Waals surface area contributed by atoms with Crippen LogP contribution in [0.2, 0.25) is 0 Å². The highest BCUT2D eigenvalue weighted by molar-refractivity contribution is 5.02. The van der Waals surface area contributed by atoms with Crippen molar-refractivity contribution in [1.82, 2.24) is 10.2 Å². The molecule has 1 N–H and O–H groups in total. The molecule has 2 fully saturated rings. The molecule has 0 amide bonds. The van der Waals surface area contributed by atoms with Gasteiger partial charge >= 0.3 is 0 Å². The van der Waals surface area contributed by atoms with E-state index in [9.17, 15) is 0 Å². The van der Waals surface area contributed by atoms with Crippen LogP contribution in [0, 0.1) is 0 Å². The molecule has 1 saturated carbocycles. The molecule has 0 spiro atoms. The minimum atomic E-state index is 0.485. The van der Waals surface area contributed by atoms with Crippen LogP contribution < -0.4 is 5.32 Å². The Bertz CT molecular complexity index is 276. The van der Waals surface area contributed by atoms with Gasteiger partial charge in [0.1, 0.15) is 0 Å². The number of rotatable bonds is 5. The highest BCUT2D eigenvalue weighted by atomic mass is 16.5. The Hall–Kier alpha value is -0.380. The molecule has 1 aliphatic carbocycles. The number of ether oxygens (including phenoxy) is 1. The second-order valence-corrected chi connectivity index (χ2v) is 6.02. The lowest BCUT2D eigenvalue weighted by atomic mass is 9.90. The van der Waals surface area contributed by atoms with E-state index in [1.807, 2.05) is 0 Å². The molecule has 2 rings (SSSR count). The van der Waals surface area contributed by atoms with Crippen LogP contribution in [0.5, 0.6) is 0 Å². The maximum atomic E-state index is 5.90. The Morgan fingerprint density at radius 1 is 1.39 bits per heavy atom. The fourth-order valence-electron chi connectivity index (χ4n) is 3.06. The third kappa shape index (κ3) is 3.81. The molecule has 1 saturated heterocycles. The minimum Gasteiger partial charge on any atom is -0.375 e. The number of nitrogens with zero attached hydrogens (tertiary/aromatic N) is 1. The van der Waals surface area contributed by atoms with Gasteiger partial charge in [-0.15, -0.1) is 0 Å². The molecule has 3 nitrogen and oxygen atoms in total. The van der Waals surface area contributed by atoms with Crippen LogP contribution in [-0.2, 0) is 4.74 Å². The second-order valence-electron chi connectivity index (χ2n) is 6.02. The fraction of sp³-hybridized carbons (Fsp3) is 0.867. The van der Waals surface area contributed by atoms with Crippen LogP contribution in [0.4, 0.5) is 0 Å². The molecule has 2 aliphatic rings. The van der Waals surface area contributed by atoms with Crippen molar-refractivity contribution in [2.24, 2.45) is 0 Å². The standard InChI is InChI=1S/C15H28N2O/c1-12(2)16-10-13(3)11-17-8-9-18-15-7-5-4-6-14(15)17/h12,14-16H,3-11H2,1-2H3. The average Bonchev–Trinajstić information content (AvgIpc) is 2.37. The Morgan fingerprint density at radius 2 is 2.17 bits per heavy atom. The molecule has 0 aromatic heterocycles. The summed E-state index contributed by atoms with van der Waals surface area (Å²) in [7, 11) is 0. The van der Waals surface area contributed by atoms with E-state index in [2.05, 4.69) is 30.6 Å². The van der Waals surface area contributed by atoms with Crippen LogP contribution in [0.25, 0.3) is 0 Å². The highest BCUT2D eigenvalue weighted by Gasteiger charge is 2.33. The zero-order chi connectivity index (χ0) is 13.0. The number of hydrogen-bond donors (Lipinski definition) is 1. The fourth-order valence-corrected chi connectivity index (χ4v) is 3.06. The van der Waals surface area contributed by atoms with Gasteiger partial charge in [0.15, 0.2) is 0 Å². The van der Waals surface area contributed by atoms with Crippen molar-refractivity contribution < 1.29 is 4.74 Å². The lowest BCUT2D eigenvalue weighted by Crippen LogP contribution is -2.53. The molecule has 2 atom stereocenters. The maximum absolute atomic E-state index is 5.90. The first kappa shape index (κ1) is 14.0. The van der Waals surface area contributed by atoms with Crippen LogP contribution in [0.1, 0.15) is 39.5 Å². The zero-order valence-corrected chi connectivity index (χ0v) is 12.0. The molecule has 3 heteroatoms. The molecule has 104 valence electrons. The molecule has 18 heavy (non-hydrogen) atoms. The summed E-state index contributed by atoms with van der Waals surface area (Å²) in [4.78, 5) is 2.59. The van der Waals surface area contributed by atoms with E-state index in [4.69, 9.17) is 4.74 Å². The van der Waals surface area contributed by atoms with E-state index in [-0.39, 0.29) is 0 Å². The predicted octanol–water partition coefficient (Wildman–Crippen LogP) is 2.18. The Balaban J connectivity index is 1.81.